The molecule has 0 atom stereocenters. The van der Waals surface area contributed by atoms with Crippen molar-refractivity contribution >= 4 is 5.82 Å². The lowest BCUT2D eigenvalue weighted by molar-refractivity contribution is 0.260. The Morgan fingerprint density at radius 1 is 1.28 bits per heavy atom. The Morgan fingerprint density at radius 2 is 2.06 bits per heavy atom. The Labute approximate surface area is 110 Å². The van der Waals surface area contributed by atoms with Gasteiger partial charge in [-0.15, -0.1) is 0 Å². The third kappa shape index (κ3) is 5.34. The van der Waals surface area contributed by atoms with Crippen molar-refractivity contribution in [2.45, 2.75) is 47.0 Å². The minimum atomic E-state index is 0.501. The molecule has 0 amide bonds. The Balaban J connectivity index is 2.67. The molecule has 0 fully saturated rings. The van der Waals surface area contributed by atoms with Crippen molar-refractivity contribution in [2.24, 2.45) is 5.92 Å². The first-order valence-corrected chi connectivity index (χ1v) is 6.90. The number of hydrogen-bond donors (Lipinski definition) is 1. The molecule has 4 nitrogen and oxygen atoms in total. The van der Waals surface area contributed by atoms with E-state index in [1.165, 1.54) is 6.42 Å². The maximum atomic E-state index is 5.67. The summed E-state index contributed by atoms with van der Waals surface area (Å²) in [5, 5.41) is 3.32. The van der Waals surface area contributed by atoms with Gasteiger partial charge < -0.3 is 10.1 Å². The van der Waals surface area contributed by atoms with Crippen LogP contribution in [-0.4, -0.2) is 23.1 Å². The van der Waals surface area contributed by atoms with Crippen LogP contribution < -0.4 is 10.1 Å². The first-order chi connectivity index (χ1) is 8.65. The second-order valence-electron chi connectivity index (χ2n) is 4.85. The highest BCUT2D eigenvalue weighted by molar-refractivity contribution is 5.38. The van der Waals surface area contributed by atoms with Gasteiger partial charge in [0.05, 0.1) is 6.61 Å². The average molecular weight is 251 g/mol. The Hall–Kier alpha value is -1.32. The van der Waals surface area contributed by atoms with Gasteiger partial charge in [-0.25, -0.2) is 4.98 Å². The molecule has 18 heavy (non-hydrogen) atoms. The fourth-order valence-electron chi connectivity index (χ4n) is 1.44. The topological polar surface area (TPSA) is 47.0 Å². The maximum Gasteiger partial charge on any atom is 0.218 e. The molecular weight excluding hydrogens is 226 g/mol. The van der Waals surface area contributed by atoms with Gasteiger partial charge in [0.2, 0.25) is 5.88 Å². The molecule has 0 aromatic carbocycles. The summed E-state index contributed by atoms with van der Waals surface area (Å²) in [5.74, 6) is 2.88. The summed E-state index contributed by atoms with van der Waals surface area (Å²) >= 11 is 0. The summed E-state index contributed by atoms with van der Waals surface area (Å²) < 4.78 is 5.67. The summed E-state index contributed by atoms with van der Waals surface area (Å²) in [7, 11) is 0. The van der Waals surface area contributed by atoms with Crippen LogP contribution in [0.2, 0.25) is 0 Å². The lowest BCUT2D eigenvalue weighted by atomic mass is 10.2. The van der Waals surface area contributed by atoms with Crippen molar-refractivity contribution < 1.29 is 4.74 Å². The molecule has 102 valence electrons. The van der Waals surface area contributed by atoms with Gasteiger partial charge in [-0.2, -0.15) is 4.98 Å². The zero-order valence-corrected chi connectivity index (χ0v) is 12.0. The highest BCUT2D eigenvalue weighted by Crippen LogP contribution is 2.15. The van der Waals surface area contributed by atoms with Gasteiger partial charge in [-0.3, -0.25) is 0 Å². The standard InChI is InChI=1S/C14H25N3O/c1-5-7-8-15-13-9-14(18-10-11(3)4)17-12(6-2)16-13/h9,11H,5-8,10H2,1-4H3,(H,15,16,17). The molecule has 1 N–H and O–H groups in total. The number of unbranched alkanes of at least 4 members (excludes halogenated alkanes) is 1. The molecule has 4 heteroatoms. The quantitative estimate of drug-likeness (QED) is 0.720. The fourth-order valence-corrected chi connectivity index (χ4v) is 1.44. The van der Waals surface area contributed by atoms with Crippen LogP contribution in [0.25, 0.3) is 0 Å². The molecule has 0 unspecified atom stereocenters. The van der Waals surface area contributed by atoms with Crippen LogP contribution in [0.3, 0.4) is 0 Å². The van der Waals surface area contributed by atoms with Crippen LogP contribution in [0.5, 0.6) is 5.88 Å². The second kappa shape index (κ2) is 7.90. The number of nitrogens with zero attached hydrogens (tertiary/aromatic N) is 2. The van der Waals surface area contributed by atoms with Crippen LogP contribution in [0.4, 0.5) is 5.82 Å². The van der Waals surface area contributed by atoms with E-state index < -0.39 is 0 Å². The number of aryl methyl sites for hydroxylation is 1. The first-order valence-electron chi connectivity index (χ1n) is 6.90. The smallest absolute Gasteiger partial charge is 0.218 e. The average Bonchev–Trinajstić information content (AvgIpc) is 2.36. The monoisotopic (exact) mass is 251 g/mol. The highest BCUT2D eigenvalue weighted by Gasteiger charge is 2.05. The SMILES string of the molecule is CCCCNc1cc(OCC(C)C)nc(CC)n1. The number of nitrogens with one attached hydrogen (secondary N) is 1. The molecule has 0 aliphatic heterocycles. The highest BCUT2D eigenvalue weighted by atomic mass is 16.5. The van der Waals surface area contributed by atoms with Crippen molar-refractivity contribution in [1.82, 2.24) is 9.97 Å². The molecule has 1 aromatic rings. The van der Waals surface area contributed by atoms with Crippen molar-refractivity contribution in [3.8, 4) is 5.88 Å². The van der Waals surface area contributed by atoms with Crippen molar-refractivity contribution in [3.05, 3.63) is 11.9 Å². The lowest BCUT2D eigenvalue weighted by Gasteiger charge is -2.11. The summed E-state index contributed by atoms with van der Waals surface area (Å²) in [4.78, 5) is 8.83. The van der Waals surface area contributed by atoms with E-state index >= 15 is 0 Å². The van der Waals surface area contributed by atoms with E-state index in [1.54, 1.807) is 0 Å². The van der Waals surface area contributed by atoms with E-state index in [9.17, 15) is 0 Å². The molecule has 0 spiro atoms. The molecule has 0 radical (unpaired) electrons. The lowest BCUT2D eigenvalue weighted by Crippen LogP contribution is -2.10. The second-order valence-corrected chi connectivity index (χ2v) is 4.85. The van der Waals surface area contributed by atoms with Gasteiger partial charge in [-0.1, -0.05) is 34.1 Å². The van der Waals surface area contributed by atoms with Crippen LogP contribution in [0.15, 0.2) is 6.07 Å². The molecule has 0 aliphatic rings. The van der Waals surface area contributed by atoms with E-state index in [0.29, 0.717) is 18.4 Å². The van der Waals surface area contributed by atoms with E-state index in [4.69, 9.17) is 4.74 Å². The molecular formula is C14H25N3O. The predicted octanol–water partition coefficient (Wildman–Crippen LogP) is 3.29. The van der Waals surface area contributed by atoms with Crippen LogP contribution in [-0.2, 0) is 6.42 Å². The van der Waals surface area contributed by atoms with Crippen molar-refractivity contribution in [1.29, 1.82) is 0 Å². The Morgan fingerprint density at radius 3 is 2.67 bits per heavy atom. The third-order valence-corrected chi connectivity index (χ3v) is 2.47. The summed E-state index contributed by atoms with van der Waals surface area (Å²) in [6, 6.07) is 1.89. The summed E-state index contributed by atoms with van der Waals surface area (Å²) in [6.07, 6.45) is 3.14. The van der Waals surface area contributed by atoms with Gasteiger partial charge in [0, 0.05) is 19.0 Å². The Bertz CT molecular complexity index is 353. The van der Waals surface area contributed by atoms with Gasteiger partial charge in [0.25, 0.3) is 0 Å². The number of aromatic nitrogens is 2. The van der Waals surface area contributed by atoms with E-state index in [2.05, 4.69) is 43.0 Å². The molecule has 0 aliphatic carbocycles. The van der Waals surface area contributed by atoms with E-state index in [0.717, 1.165) is 31.0 Å². The van der Waals surface area contributed by atoms with Gasteiger partial charge in [0.15, 0.2) is 0 Å². The maximum absolute atomic E-state index is 5.67. The predicted molar refractivity (Wildman–Crippen MR) is 75.1 cm³/mol. The molecule has 1 heterocycles. The normalized spacial score (nSPS) is 10.7. The van der Waals surface area contributed by atoms with Gasteiger partial charge >= 0.3 is 0 Å². The van der Waals surface area contributed by atoms with Gasteiger partial charge in [-0.05, 0) is 12.3 Å². The van der Waals surface area contributed by atoms with Crippen LogP contribution in [0.1, 0.15) is 46.4 Å². The summed E-state index contributed by atoms with van der Waals surface area (Å²) in [5.41, 5.74) is 0. The third-order valence-electron chi connectivity index (χ3n) is 2.47. The molecule has 1 aromatic heterocycles. The minimum Gasteiger partial charge on any atom is -0.477 e. The van der Waals surface area contributed by atoms with Gasteiger partial charge in [0.1, 0.15) is 11.6 Å². The molecule has 0 bridgehead atoms. The number of ether oxygens (including phenoxy) is 1. The summed E-state index contributed by atoms with van der Waals surface area (Å²) in [6.45, 7) is 10.1. The molecule has 1 rings (SSSR count). The van der Waals surface area contributed by atoms with E-state index in [-0.39, 0.29) is 0 Å². The zero-order chi connectivity index (χ0) is 13.4. The van der Waals surface area contributed by atoms with Crippen molar-refractivity contribution in [2.75, 3.05) is 18.5 Å². The number of anilines is 1. The Kier molecular flexibility index (Phi) is 6.47. The fraction of sp³-hybridized carbons (Fsp3) is 0.714. The van der Waals surface area contributed by atoms with Crippen molar-refractivity contribution in [3.63, 3.8) is 0 Å². The van der Waals surface area contributed by atoms with E-state index in [1.807, 2.05) is 6.07 Å². The largest absolute Gasteiger partial charge is 0.477 e. The zero-order valence-electron chi connectivity index (χ0n) is 12.0. The molecule has 0 saturated carbocycles. The minimum absolute atomic E-state index is 0.501. The van der Waals surface area contributed by atoms with Crippen LogP contribution >= 0.6 is 0 Å². The molecule has 0 saturated heterocycles. The number of hydrogen-bond acceptors (Lipinski definition) is 4. The first kappa shape index (κ1) is 14.7. The van der Waals surface area contributed by atoms with Crippen LogP contribution in [0, 0.1) is 5.92 Å². The number of rotatable bonds is 8.